The highest BCUT2D eigenvalue weighted by Crippen LogP contribution is 2.31. The molecule has 0 aliphatic rings. The van der Waals surface area contributed by atoms with Gasteiger partial charge in [-0.1, -0.05) is 24.3 Å². The quantitative estimate of drug-likeness (QED) is 0.0152. The van der Waals surface area contributed by atoms with Gasteiger partial charge in [-0.15, -0.1) is 0 Å². The van der Waals surface area contributed by atoms with Gasteiger partial charge in [0, 0.05) is 149 Å². The number of amides is 12. The zero-order valence-electron chi connectivity index (χ0n) is 66.5. The third kappa shape index (κ3) is 23.3. The lowest BCUT2D eigenvalue weighted by Gasteiger charge is -2.25. The van der Waals surface area contributed by atoms with Gasteiger partial charge in [-0.05, 0) is 103 Å². The number of ether oxygens (including phenoxy) is 2. The molecular formula is C83H90N22O15. The Kier molecular flexibility index (Phi) is 29.2. The van der Waals surface area contributed by atoms with Crippen LogP contribution < -0.4 is 53.2 Å². The molecule has 120 heavy (non-hydrogen) atoms. The van der Waals surface area contributed by atoms with Crippen molar-refractivity contribution in [3.8, 4) is 5.75 Å². The van der Waals surface area contributed by atoms with Gasteiger partial charge in [0.2, 0.25) is 18.2 Å². The Morgan fingerprint density at radius 2 is 0.692 bits per heavy atom. The molecular weight excluding hydrogens is 1550 g/mol. The third-order valence-electron chi connectivity index (χ3n) is 18.7. The van der Waals surface area contributed by atoms with E-state index < -0.39 is 58.9 Å². The van der Waals surface area contributed by atoms with Crippen molar-refractivity contribution in [2.45, 2.75) is 45.4 Å². The van der Waals surface area contributed by atoms with E-state index in [0.717, 1.165) is 0 Å². The van der Waals surface area contributed by atoms with Crippen LogP contribution in [-0.2, 0) is 92.3 Å². The van der Waals surface area contributed by atoms with E-state index in [-0.39, 0.29) is 161 Å². The van der Waals surface area contributed by atoms with Crippen molar-refractivity contribution >= 4 is 106 Å². The summed E-state index contributed by atoms with van der Waals surface area (Å²) < 4.78 is 20.5. The van der Waals surface area contributed by atoms with Crippen LogP contribution in [0.15, 0.2) is 183 Å². The van der Waals surface area contributed by atoms with Crippen LogP contribution in [0.5, 0.6) is 5.75 Å². The largest absolute Gasteiger partial charge is 0.506 e. The Balaban J connectivity index is 0.569. The second-order valence-electron chi connectivity index (χ2n) is 27.7. The van der Waals surface area contributed by atoms with Gasteiger partial charge in [0.25, 0.3) is 53.2 Å². The lowest BCUT2D eigenvalue weighted by Crippen LogP contribution is -2.34. The van der Waals surface area contributed by atoms with Crippen molar-refractivity contribution in [2.75, 3.05) is 84.5 Å². The predicted octanol–water partition coefficient (Wildman–Crippen LogP) is 6.11. The molecule has 0 aliphatic carbocycles. The fourth-order valence-electron chi connectivity index (χ4n) is 12.7. The number of hydrogen-bond acceptors (Lipinski definition) is 19. The Morgan fingerprint density at radius 1 is 0.367 bits per heavy atom. The molecule has 0 aliphatic heterocycles. The van der Waals surface area contributed by atoms with Gasteiger partial charge in [-0.3, -0.25) is 77.5 Å². The number of aryl methyl sites for hydroxylation is 6. The summed E-state index contributed by atoms with van der Waals surface area (Å²) in [5, 5.41) is 39.4. The number of rotatable bonds is 40. The summed E-state index contributed by atoms with van der Waals surface area (Å²) in [4.78, 5) is 181. The van der Waals surface area contributed by atoms with E-state index in [4.69, 9.17) is 9.47 Å². The standard InChI is InChI=1S/C83H90N22O15/c1-98-42-58(92-52-106)36-68(98)78(113)96-62-40-70(102(5)46-62)80(115)94-60-38-66(99(2)44-60)76(111)89-26-15-20-73(108)93-59-37-69(101(4)43-59)79(114)97-63-41-71(103(6)47-63)81(116)95-61-39-67(100(3)45-61)77(112)90-27-21-72(107)88-28-30-119-32-33-120-31-29-91-75(110)53-34-64(82(117)104(48-54-16-7-11-22-84-54)49-55-17-8-12-23-85-55)74(109)65(35-53)83(118)105(50-56-18-9-13-24-86-56)51-57-19-10-14-25-87-57/h7-14,16-19,22-25,34-47,52,109H,15,20-21,26-33,48-51H2,1-6H3,(H,88,107)(H,89,111)(H,90,112)(H,91,110)(H,92,106)(H,93,108)(H,94,115)(H,95,116)(H,96,113)(H,97,114). The summed E-state index contributed by atoms with van der Waals surface area (Å²) in [5.74, 6) is -6.43. The van der Waals surface area contributed by atoms with Crippen molar-refractivity contribution in [3.05, 3.63) is 257 Å². The van der Waals surface area contributed by atoms with Crippen LogP contribution in [0.25, 0.3) is 0 Å². The first-order chi connectivity index (χ1) is 57.8. The van der Waals surface area contributed by atoms with Gasteiger partial charge in [-0.2, -0.15) is 0 Å². The molecule has 37 heteroatoms. The second kappa shape index (κ2) is 40.9. The number of aromatic nitrogens is 10. The van der Waals surface area contributed by atoms with Gasteiger partial charge >= 0.3 is 0 Å². The fourth-order valence-corrected chi connectivity index (χ4v) is 12.7. The number of benzene rings is 1. The average Bonchev–Trinajstić information content (AvgIpc) is 1.14. The summed E-state index contributed by atoms with van der Waals surface area (Å²) >= 11 is 0. The highest BCUT2D eigenvalue weighted by Gasteiger charge is 2.31. The van der Waals surface area contributed by atoms with Crippen molar-refractivity contribution in [1.82, 2.24) is 78.4 Å². The minimum Gasteiger partial charge on any atom is -0.506 e. The lowest BCUT2D eigenvalue weighted by molar-refractivity contribution is -0.121. The van der Waals surface area contributed by atoms with Crippen LogP contribution >= 0.6 is 0 Å². The molecule has 1 aromatic carbocycles. The molecule has 0 saturated heterocycles. The third-order valence-corrected chi connectivity index (χ3v) is 18.7. The van der Waals surface area contributed by atoms with Crippen LogP contribution in [0.1, 0.15) is 136 Å². The van der Waals surface area contributed by atoms with Crippen molar-refractivity contribution in [2.24, 2.45) is 42.3 Å². The van der Waals surface area contributed by atoms with Gasteiger partial charge in [-0.25, -0.2) is 0 Å². The lowest BCUT2D eigenvalue weighted by atomic mass is 10.0. The molecule has 0 unspecified atom stereocenters. The van der Waals surface area contributed by atoms with E-state index in [9.17, 15) is 62.6 Å². The number of pyridine rings is 4. The number of carbonyl (C=O) groups is 12. The number of carbonyl (C=O) groups excluding carboxylic acids is 12. The molecule has 0 radical (unpaired) electrons. The molecule has 10 aromatic heterocycles. The topological polar surface area (TPSA) is 451 Å². The molecule has 11 N–H and O–H groups in total. The number of hydrogen-bond donors (Lipinski definition) is 11. The predicted molar refractivity (Wildman–Crippen MR) is 440 cm³/mol. The fraction of sp³-hybridized carbons (Fsp3) is 0.253. The molecule has 12 amide bonds. The number of nitrogens with zero attached hydrogens (tertiary/aromatic N) is 12. The molecule has 11 aromatic rings. The summed E-state index contributed by atoms with van der Waals surface area (Å²) in [6, 6.07) is 32.5. The molecule has 0 saturated carbocycles. The Hall–Kier alpha value is -15.1. The molecule has 0 spiro atoms. The van der Waals surface area contributed by atoms with Crippen LogP contribution in [0.3, 0.4) is 0 Å². The van der Waals surface area contributed by atoms with E-state index in [0.29, 0.717) is 63.3 Å². The first-order valence-corrected chi connectivity index (χ1v) is 37.9. The molecule has 0 atom stereocenters. The van der Waals surface area contributed by atoms with Crippen LogP contribution in [0.2, 0.25) is 0 Å². The maximum Gasteiger partial charge on any atom is 0.272 e. The summed E-state index contributed by atoms with van der Waals surface area (Å²) in [7, 11) is 9.77. The van der Waals surface area contributed by atoms with Crippen molar-refractivity contribution in [3.63, 3.8) is 0 Å². The number of aromatic hydroxyl groups is 1. The molecule has 37 nitrogen and oxygen atoms in total. The zero-order valence-corrected chi connectivity index (χ0v) is 66.5. The summed E-state index contributed by atoms with van der Waals surface area (Å²) in [6.07, 6.45) is 16.4. The molecule has 622 valence electrons. The van der Waals surface area contributed by atoms with E-state index >= 15 is 0 Å². The Morgan fingerprint density at radius 3 is 1.05 bits per heavy atom. The smallest absolute Gasteiger partial charge is 0.272 e. The van der Waals surface area contributed by atoms with E-state index in [1.54, 1.807) is 182 Å². The van der Waals surface area contributed by atoms with Crippen molar-refractivity contribution < 1.29 is 72.1 Å². The minimum absolute atomic E-state index is 0.00317. The summed E-state index contributed by atoms with van der Waals surface area (Å²) in [6.45, 7) is 0.714. The van der Waals surface area contributed by atoms with Crippen LogP contribution in [0, 0.1) is 0 Å². The monoisotopic (exact) mass is 1630 g/mol. The van der Waals surface area contributed by atoms with E-state index in [1.807, 2.05) is 0 Å². The molecule has 10 heterocycles. The maximum absolute atomic E-state index is 14.8. The second-order valence-corrected chi connectivity index (χ2v) is 27.7. The highest BCUT2D eigenvalue weighted by molar-refractivity contribution is 6.11. The SMILES string of the molecule is Cn1cc(NC(=O)c2cc(NC(=O)c3cc(NC=O)cn3C)cn2C)cc1C(=O)NCCCC(=O)Nc1cc(C(=O)Nc2cc(C(=O)Nc3cc(C(=O)NCCC(=O)NCCOCCOCCNC(=O)c4cc(C(=O)N(Cc5ccccn5)Cc5ccccn5)c(O)c(C(=O)N(Cc5ccccn5)Cc5ccccn5)c4)n(C)c3)n(C)c2)n(C)c1. The molecule has 0 fully saturated rings. The minimum atomic E-state index is -0.699. The van der Waals surface area contributed by atoms with Gasteiger partial charge in [0.15, 0.2) is 0 Å². The zero-order chi connectivity index (χ0) is 85.4. The normalized spacial score (nSPS) is 10.9. The Labute approximate surface area is 687 Å². The molecule has 11 rings (SSSR count). The summed E-state index contributed by atoms with van der Waals surface area (Å²) in [5.41, 5.74) is 4.77. The molecule has 0 bridgehead atoms. The van der Waals surface area contributed by atoms with Crippen molar-refractivity contribution in [1.29, 1.82) is 0 Å². The van der Waals surface area contributed by atoms with E-state index in [2.05, 4.69) is 73.1 Å². The first kappa shape index (κ1) is 85.7. The van der Waals surface area contributed by atoms with Gasteiger partial charge in [0.05, 0.1) is 121 Å². The average molecular weight is 1640 g/mol. The highest BCUT2D eigenvalue weighted by atomic mass is 16.5. The first-order valence-electron chi connectivity index (χ1n) is 37.9. The van der Waals surface area contributed by atoms with Gasteiger partial charge in [0.1, 0.15) is 39.9 Å². The van der Waals surface area contributed by atoms with Crippen LogP contribution in [-0.4, -0.2) is 186 Å². The maximum atomic E-state index is 14.8. The number of anilines is 6. The number of phenols is 1. The van der Waals surface area contributed by atoms with Gasteiger partial charge < -0.3 is 105 Å². The number of phenolic OH excluding ortho intramolecular Hbond substituents is 1. The Bertz CT molecular complexity index is 5330. The number of nitrogens with one attached hydrogen (secondary N) is 10. The van der Waals surface area contributed by atoms with Crippen LogP contribution in [0.4, 0.5) is 34.1 Å². The van der Waals surface area contributed by atoms with E-state index in [1.165, 1.54) is 81.2 Å².